The molecule has 90 valence electrons. The molecule has 1 heterocycles. The molecule has 0 amide bonds. The van der Waals surface area contributed by atoms with Crippen LogP contribution in [0.2, 0.25) is 0 Å². The summed E-state index contributed by atoms with van der Waals surface area (Å²) in [5.74, 6) is 1.33. The number of H-pyrrole nitrogens is 1. The van der Waals surface area contributed by atoms with Gasteiger partial charge in [-0.05, 0) is 17.9 Å². The zero-order chi connectivity index (χ0) is 12.3. The van der Waals surface area contributed by atoms with Gasteiger partial charge in [0.05, 0.1) is 6.04 Å². The van der Waals surface area contributed by atoms with E-state index >= 15 is 0 Å². The Kier molecular flexibility index (Phi) is 3.59. The summed E-state index contributed by atoms with van der Waals surface area (Å²) in [6, 6.07) is 10.2. The van der Waals surface area contributed by atoms with Gasteiger partial charge in [0.2, 0.25) is 0 Å². The first-order valence-corrected chi connectivity index (χ1v) is 6.01. The Bertz CT molecular complexity index is 459. The van der Waals surface area contributed by atoms with Gasteiger partial charge in [0.1, 0.15) is 5.82 Å². The normalized spacial score (nSPS) is 12.9. The summed E-state index contributed by atoms with van der Waals surface area (Å²) in [7, 11) is 0. The number of hydrogen-bond donors (Lipinski definition) is 2. The summed E-state index contributed by atoms with van der Waals surface area (Å²) >= 11 is 0. The lowest BCUT2D eigenvalue weighted by Gasteiger charge is -2.09. The van der Waals surface area contributed by atoms with Gasteiger partial charge in [-0.2, -0.15) is 0 Å². The van der Waals surface area contributed by atoms with E-state index in [0.29, 0.717) is 5.92 Å². The van der Waals surface area contributed by atoms with Crippen LogP contribution in [0.4, 0.5) is 0 Å². The predicted octanol–water partition coefficient (Wildman–Crippen LogP) is 2.78. The number of hydrogen-bond acceptors (Lipinski definition) is 2. The molecule has 2 rings (SSSR count). The molecule has 0 saturated carbocycles. The SMILES string of the molecule is CC(C)c1cnc(C(N)Cc2ccccc2)[nH]1. The number of nitrogens with zero attached hydrogens (tertiary/aromatic N) is 1. The van der Waals surface area contributed by atoms with E-state index in [1.54, 1.807) is 0 Å². The largest absolute Gasteiger partial charge is 0.344 e. The summed E-state index contributed by atoms with van der Waals surface area (Å²) in [4.78, 5) is 7.65. The maximum absolute atomic E-state index is 6.15. The Labute approximate surface area is 102 Å². The van der Waals surface area contributed by atoms with Gasteiger partial charge in [-0.1, -0.05) is 44.2 Å². The molecule has 0 saturated heterocycles. The van der Waals surface area contributed by atoms with Crippen molar-refractivity contribution in [3.05, 3.63) is 53.6 Å². The number of benzene rings is 1. The van der Waals surface area contributed by atoms with E-state index < -0.39 is 0 Å². The van der Waals surface area contributed by atoms with Crippen molar-refractivity contribution in [2.75, 3.05) is 0 Å². The number of nitrogens with two attached hydrogens (primary N) is 1. The zero-order valence-corrected chi connectivity index (χ0v) is 10.4. The lowest BCUT2D eigenvalue weighted by molar-refractivity contribution is 0.672. The molecule has 3 nitrogen and oxygen atoms in total. The fourth-order valence-electron chi connectivity index (χ4n) is 1.80. The fourth-order valence-corrected chi connectivity index (χ4v) is 1.80. The van der Waals surface area contributed by atoms with Crippen molar-refractivity contribution in [1.82, 2.24) is 9.97 Å². The second-order valence-corrected chi connectivity index (χ2v) is 4.67. The zero-order valence-electron chi connectivity index (χ0n) is 10.4. The second kappa shape index (κ2) is 5.15. The first-order valence-electron chi connectivity index (χ1n) is 6.01. The Balaban J connectivity index is 2.07. The second-order valence-electron chi connectivity index (χ2n) is 4.67. The Morgan fingerprint density at radius 1 is 1.24 bits per heavy atom. The average molecular weight is 229 g/mol. The molecule has 0 fully saturated rings. The molecular weight excluding hydrogens is 210 g/mol. The molecule has 0 aliphatic heterocycles. The molecule has 1 aromatic heterocycles. The maximum Gasteiger partial charge on any atom is 0.123 e. The van der Waals surface area contributed by atoms with Crippen LogP contribution in [0.25, 0.3) is 0 Å². The van der Waals surface area contributed by atoms with Crippen molar-refractivity contribution in [1.29, 1.82) is 0 Å². The van der Waals surface area contributed by atoms with Crippen LogP contribution < -0.4 is 5.73 Å². The maximum atomic E-state index is 6.15. The van der Waals surface area contributed by atoms with Gasteiger partial charge in [0.15, 0.2) is 0 Å². The van der Waals surface area contributed by atoms with Crippen molar-refractivity contribution in [2.45, 2.75) is 32.2 Å². The van der Waals surface area contributed by atoms with E-state index in [4.69, 9.17) is 5.73 Å². The lowest BCUT2D eigenvalue weighted by Crippen LogP contribution is -2.15. The van der Waals surface area contributed by atoms with Gasteiger partial charge >= 0.3 is 0 Å². The average Bonchev–Trinajstić information content (AvgIpc) is 2.79. The first kappa shape index (κ1) is 11.9. The van der Waals surface area contributed by atoms with E-state index in [9.17, 15) is 0 Å². The topological polar surface area (TPSA) is 54.7 Å². The van der Waals surface area contributed by atoms with Crippen LogP contribution in [0.15, 0.2) is 36.5 Å². The molecular formula is C14H19N3. The highest BCUT2D eigenvalue weighted by Gasteiger charge is 2.12. The Morgan fingerprint density at radius 3 is 2.53 bits per heavy atom. The van der Waals surface area contributed by atoms with Gasteiger partial charge in [0.25, 0.3) is 0 Å². The van der Waals surface area contributed by atoms with Crippen LogP contribution >= 0.6 is 0 Å². The molecule has 3 N–H and O–H groups in total. The van der Waals surface area contributed by atoms with E-state index in [1.165, 1.54) is 5.56 Å². The van der Waals surface area contributed by atoms with E-state index in [1.807, 2.05) is 24.4 Å². The lowest BCUT2D eigenvalue weighted by atomic mass is 10.1. The standard InChI is InChI=1S/C14H19N3/c1-10(2)13-9-16-14(17-13)12(15)8-11-6-4-3-5-7-11/h3-7,9-10,12H,8,15H2,1-2H3,(H,16,17). The van der Waals surface area contributed by atoms with Gasteiger partial charge in [-0.25, -0.2) is 4.98 Å². The first-order chi connectivity index (χ1) is 8.16. The number of aromatic amines is 1. The summed E-state index contributed by atoms with van der Waals surface area (Å²) in [6.07, 6.45) is 2.69. The predicted molar refractivity (Wildman–Crippen MR) is 69.8 cm³/mol. The van der Waals surface area contributed by atoms with E-state index in [-0.39, 0.29) is 6.04 Å². The molecule has 1 atom stereocenters. The monoisotopic (exact) mass is 229 g/mol. The molecule has 1 aromatic carbocycles. The van der Waals surface area contributed by atoms with Crippen molar-refractivity contribution in [3.8, 4) is 0 Å². The Morgan fingerprint density at radius 2 is 1.94 bits per heavy atom. The van der Waals surface area contributed by atoms with Crippen molar-refractivity contribution in [2.24, 2.45) is 5.73 Å². The van der Waals surface area contributed by atoms with Crippen molar-refractivity contribution in [3.63, 3.8) is 0 Å². The molecule has 17 heavy (non-hydrogen) atoms. The van der Waals surface area contributed by atoms with E-state index in [0.717, 1.165) is 17.9 Å². The highest BCUT2D eigenvalue weighted by molar-refractivity contribution is 5.18. The highest BCUT2D eigenvalue weighted by atomic mass is 15.0. The number of rotatable bonds is 4. The summed E-state index contributed by atoms with van der Waals surface area (Å²) in [6.45, 7) is 4.28. The molecule has 2 aromatic rings. The fraction of sp³-hybridized carbons (Fsp3) is 0.357. The van der Waals surface area contributed by atoms with Crippen molar-refractivity contribution < 1.29 is 0 Å². The molecule has 3 heteroatoms. The van der Waals surface area contributed by atoms with Crippen LogP contribution in [0.5, 0.6) is 0 Å². The third kappa shape index (κ3) is 2.94. The summed E-state index contributed by atoms with van der Waals surface area (Å²) in [5.41, 5.74) is 8.53. The third-order valence-corrected chi connectivity index (χ3v) is 2.89. The van der Waals surface area contributed by atoms with Crippen LogP contribution in [0.1, 0.15) is 42.9 Å². The van der Waals surface area contributed by atoms with Crippen LogP contribution in [0.3, 0.4) is 0 Å². The molecule has 1 unspecified atom stereocenters. The van der Waals surface area contributed by atoms with Gasteiger partial charge < -0.3 is 10.7 Å². The van der Waals surface area contributed by atoms with Gasteiger partial charge in [-0.3, -0.25) is 0 Å². The van der Waals surface area contributed by atoms with Crippen molar-refractivity contribution >= 4 is 0 Å². The minimum absolute atomic E-state index is 0.0649. The molecule has 0 aliphatic carbocycles. The van der Waals surface area contributed by atoms with Crippen LogP contribution in [0, 0.1) is 0 Å². The Hall–Kier alpha value is -1.61. The summed E-state index contributed by atoms with van der Waals surface area (Å²) in [5, 5.41) is 0. The van der Waals surface area contributed by atoms with Crippen LogP contribution in [-0.2, 0) is 6.42 Å². The number of imidazole rings is 1. The minimum Gasteiger partial charge on any atom is -0.344 e. The summed E-state index contributed by atoms with van der Waals surface area (Å²) < 4.78 is 0. The van der Waals surface area contributed by atoms with Crippen LogP contribution in [-0.4, -0.2) is 9.97 Å². The molecule has 0 bridgehead atoms. The highest BCUT2D eigenvalue weighted by Crippen LogP contribution is 2.16. The molecule has 0 radical (unpaired) electrons. The minimum atomic E-state index is -0.0649. The quantitative estimate of drug-likeness (QED) is 0.847. The smallest absolute Gasteiger partial charge is 0.123 e. The number of nitrogens with one attached hydrogen (secondary N) is 1. The number of aromatic nitrogens is 2. The third-order valence-electron chi connectivity index (χ3n) is 2.89. The van der Waals surface area contributed by atoms with Gasteiger partial charge in [-0.15, -0.1) is 0 Å². The molecule has 0 aliphatic rings. The van der Waals surface area contributed by atoms with E-state index in [2.05, 4.69) is 35.9 Å². The van der Waals surface area contributed by atoms with Gasteiger partial charge in [0, 0.05) is 11.9 Å². The molecule has 0 spiro atoms.